The molecule has 1 saturated heterocycles. The molecule has 0 unspecified atom stereocenters. The largest absolute Gasteiger partial charge is 0.387 e. The van der Waals surface area contributed by atoms with Gasteiger partial charge in [0.15, 0.2) is 6.29 Å². The molecule has 7 heteroatoms. The highest BCUT2D eigenvalue weighted by molar-refractivity contribution is 5.73. The molecule has 1 aliphatic heterocycles. The minimum Gasteiger partial charge on any atom is -0.387 e. The average molecular weight is 442 g/mol. The van der Waals surface area contributed by atoms with Crippen molar-refractivity contribution in [3.63, 3.8) is 0 Å². The van der Waals surface area contributed by atoms with Crippen molar-refractivity contribution >= 4 is 5.91 Å². The summed E-state index contributed by atoms with van der Waals surface area (Å²) in [5, 5.41) is 25.1. The predicted octanol–water partition coefficient (Wildman–Crippen LogP) is 2.32. The first-order valence-electron chi connectivity index (χ1n) is 10.6. The lowest BCUT2D eigenvalue weighted by Crippen LogP contribution is -2.71. The van der Waals surface area contributed by atoms with Gasteiger partial charge in [-0.25, -0.2) is 0 Å². The maximum absolute atomic E-state index is 11.9. The first kappa shape index (κ1) is 24.1. The van der Waals surface area contributed by atoms with Crippen LogP contribution in [0, 0.1) is 0 Å². The summed E-state index contributed by atoms with van der Waals surface area (Å²) < 4.78 is 17.7. The Morgan fingerprint density at radius 2 is 1.72 bits per heavy atom. The number of aliphatic hydroxyl groups excluding tert-OH is 1. The van der Waals surface area contributed by atoms with E-state index in [2.05, 4.69) is 11.9 Å². The Labute approximate surface area is 188 Å². The van der Waals surface area contributed by atoms with Crippen LogP contribution in [0.3, 0.4) is 0 Å². The SMILES string of the molecule is C=CC[C@]1(O)[C@H](O)[C@@H](COCc2ccccc2)O[C@H](OCc2ccccc2)[C@H]1NC(C)=O. The zero-order chi connectivity index (χ0) is 23.0. The Bertz CT molecular complexity index is 861. The van der Waals surface area contributed by atoms with Crippen LogP contribution in [0.1, 0.15) is 24.5 Å². The molecule has 0 spiro atoms. The van der Waals surface area contributed by atoms with E-state index in [0.29, 0.717) is 6.61 Å². The zero-order valence-electron chi connectivity index (χ0n) is 18.2. The van der Waals surface area contributed by atoms with Crippen LogP contribution in [0.4, 0.5) is 0 Å². The molecule has 0 saturated carbocycles. The summed E-state index contributed by atoms with van der Waals surface area (Å²) in [6.07, 6.45) is -1.67. The van der Waals surface area contributed by atoms with Crippen LogP contribution in [-0.4, -0.2) is 52.9 Å². The number of carbonyl (C=O) groups is 1. The Kier molecular flexibility index (Phi) is 8.55. The van der Waals surface area contributed by atoms with Gasteiger partial charge in [0.05, 0.1) is 19.8 Å². The number of benzene rings is 2. The van der Waals surface area contributed by atoms with Gasteiger partial charge in [-0.3, -0.25) is 4.79 Å². The van der Waals surface area contributed by atoms with Gasteiger partial charge in [-0.15, -0.1) is 6.58 Å². The summed E-state index contributed by atoms with van der Waals surface area (Å²) in [5.41, 5.74) is 0.147. The molecule has 32 heavy (non-hydrogen) atoms. The molecule has 1 amide bonds. The van der Waals surface area contributed by atoms with Crippen LogP contribution in [0.15, 0.2) is 73.3 Å². The molecule has 3 rings (SSSR count). The second-order valence-electron chi connectivity index (χ2n) is 7.95. The van der Waals surface area contributed by atoms with E-state index in [1.807, 2.05) is 60.7 Å². The quantitative estimate of drug-likeness (QED) is 0.490. The highest BCUT2D eigenvalue weighted by Gasteiger charge is 2.55. The molecule has 7 nitrogen and oxygen atoms in total. The van der Waals surface area contributed by atoms with Crippen LogP contribution in [-0.2, 0) is 32.2 Å². The van der Waals surface area contributed by atoms with E-state index < -0.39 is 30.1 Å². The van der Waals surface area contributed by atoms with Gasteiger partial charge < -0.3 is 29.7 Å². The summed E-state index contributed by atoms with van der Waals surface area (Å²) >= 11 is 0. The summed E-state index contributed by atoms with van der Waals surface area (Å²) in [7, 11) is 0. The van der Waals surface area contributed by atoms with Gasteiger partial charge in [0, 0.05) is 6.92 Å². The molecule has 1 aliphatic rings. The molecule has 172 valence electrons. The molecule has 3 N–H and O–H groups in total. The van der Waals surface area contributed by atoms with Crippen molar-refractivity contribution in [1.29, 1.82) is 0 Å². The summed E-state index contributed by atoms with van der Waals surface area (Å²) in [6, 6.07) is 18.1. The Morgan fingerprint density at radius 1 is 1.12 bits per heavy atom. The number of ether oxygens (including phenoxy) is 3. The minimum atomic E-state index is -1.74. The summed E-state index contributed by atoms with van der Waals surface area (Å²) in [4.78, 5) is 11.9. The van der Waals surface area contributed by atoms with Crippen molar-refractivity contribution in [2.45, 2.75) is 56.7 Å². The van der Waals surface area contributed by atoms with Crippen LogP contribution >= 0.6 is 0 Å². The number of amides is 1. The van der Waals surface area contributed by atoms with Gasteiger partial charge in [0.2, 0.25) is 5.91 Å². The molecule has 5 atom stereocenters. The van der Waals surface area contributed by atoms with Crippen LogP contribution < -0.4 is 5.32 Å². The number of carbonyl (C=O) groups excluding carboxylic acids is 1. The van der Waals surface area contributed by atoms with Gasteiger partial charge in [0.25, 0.3) is 0 Å². The van der Waals surface area contributed by atoms with E-state index >= 15 is 0 Å². The van der Waals surface area contributed by atoms with E-state index in [9.17, 15) is 15.0 Å². The van der Waals surface area contributed by atoms with E-state index in [4.69, 9.17) is 14.2 Å². The van der Waals surface area contributed by atoms with Gasteiger partial charge in [-0.1, -0.05) is 66.7 Å². The number of hydrogen-bond donors (Lipinski definition) is 3. The summed E-state index contributed by atoms with van der Waals surface area (Å²) in [5.74, 6) is -0.375. The number of hydrogen-bond acceptors (Lipinski definition) is 6. The lowest BCUT2D eigenvalue weighted by Gasteiger charge is -2.50. The van der Waals surface area contributed by atoms with E-state index in [1.165, 1.54) is 13.0 Å². The van der Waals surface area contributed by atoms with E-state index in [0.717, 1.165) is 11.1 Å². The van der Waals surface area contributed by atoms with Gasteiger partial charge in [-0.05, 0) is 17.5 Å². The van der Waals surface area contributed by atoms with Crippen molar-refractivity contribution in [3.8, 4) is 0 Å². The number of nitrogens with one attached hydrogen (secondary N) is 1. The van der Waals surface area contributed by atoms with E-state index in [1.54, 1.807) is 0 Å². The van der Waals surface area contributed by atoms with E-state index in [-0.39, 0.29) is 25.5 Å². The summed E-state index contributed by atoms with van der Waals surface area (Å²) in [6.45, 7) is 5.61. The number of aliphatic hydroxyl groups is 2. The second kappa shape index (κ2) is 11.4. The molecule has 1 fully saturated rings. The third-order valence-electron chi connectivity index (χ3n) is 5.46. The van der Waals surface area contributed by atoms with Gasteiger partial charge >= 0.3 is 0 Å². The zero-order valence-corrected chi connectivity index (χ0v) is 18.2. The maximum Gasteiger partial charge on any atom is 0.217 e. The van der Waals surface area contributed by atoms with Crippen LogP contribution in [0.25, 0.3) is 0 Å². The lowest BCUT2D eigenvalue weighted by molar-refractivity contribution is -0.304. The third kappa shape index (κ3) is 6.03. The Hall–Kier alpha value is -2.55. The highest BCUT2D eigenvalue weighted by atomic mass is 16.7. The molecule has 0 radical (unpaired) electrons. The number of rotatable bonds is 10. The van der Waals surface area contributed by atoms with Crippen molar-refractivity contribution in [2.75, 3.05) is 6.61 Å². The lowest BCUT2D eigenvalue weighted by atomic mass is 9.79. The molecule has 0 aliphatic carbocycles. The molecule has 1 heterocycles. The van der Waals surface area contributed by atoms with Crippen molar-refractivity contribution in [2.24, 2.45) is 0 Å². The van der Waals surface area contributed by atoms with Gasteiger partial charge in [0.1, 0.15) is 23.9 Å². The maximum atomic E-state index is 11.9. The molecule has 0 bridgehead atoms. The molecule has 2 aromatic carbocycles. The fraction of sp³-hybridized carbons (Fsp3) is 0.400. The molecular formula is C25H31NO6. The topological polar surface area (TPSA) is 97.2 Å². The molecular weight excluding hydrogens is 410 g/mol. The normalized spacial score (nSPS) is 27.6. The first-order valence-corrected chi connectivity index (χ1v) is 10.6. The predicted molar refractivity (Wildman–Crippen MR) is 119 cm³/mol. The molecule has 0 aromatic heterocycles. The van der Waals surface area contributed by atoms with Gasteiger partial charge in [-0.2, -0.15) is 0 Å². The van der Waals surface area contributed by atoms with Crippen molar-refractivity contribution in [1.82, 2.24) is 5.32 Å². The second-order valence-corrected chi connectivity index (χ2v) is 7.95. The first-order chi connectivity index (χ1) is 15.4. The van der Waals surface area contributed by atoms with Crippen LogP contribution in [0.2, 0.25) is 0 Å². The Morgan fingerprint density at radius 3 is 2.28 bits per heavy atom. The third-order valence-corrected chi connectivity index (χ3v) is 5.46. The van der Waals surface area contributed by atoms with Crippen LogP contribution in [0.5, 0.6) is 0 Å². The Balaban J connectivity index is 1.76. The minimum absolute atomic E-state index is 0.0306. The standard InChI is InChI=1S/C25H31NO6/c1-3-14-25(29)22(26-18(2)27)24(31-16-20-12-8-5-9-13-20)32-21(23(25)28)17-30-15-19-10-6-4-7-11-19/h3-13,21-24,28-29H,1,14-17H2,2H3,(H,26,27)/t21-,22-,23-,24+,25-/m1/s1. The van der Waals surface area contributed by atoms with Crippen molar-refractivity contribution in [3.05, 3.63) is 84.4 Å². The fourth-order valence-corrected chi connectivity index (χ4v) is 3.84. The monoisotopic (exact) mass is 441 g/mol. The smallest absolute Gasteiger partial charge is 0.217 e. The fourth-order valence-electron chi connectivity index (χ4n) is 3.84. The highest BCUT2D eigenvalue weighted by Crippen LogP contribution is 2.34. The van der Waals surface area contributed by atoms with Crippen molar-refractivity contribution < 1.29 is 29.2 Å². The average Bonchev–Trinajstić information content (AvgIpc) is 2.79. The molecule has 2 aromatic rings.